The van der Waals surface area contributed by atoms with Crippen molar-refractivity contribution in [3.8, 4) is 0 Å². The van der Waals surface area contributed by atoms with Crippen LogP contribution in [0.25, 0.3) is 0 Å². The monoisotopic (exact) mass is 708 g/mol. The van der Waals surface area contributed by atoms with Gasteiger partial charge < -0.3 is 15.9 Å². The van der Waals surface area contributed by atoms with E-state index in [0.717, 1.165) is 23.6 Å². The van der Waals surface area contributed by atoms with Gasteiger partial charge in [-0.05, 0) is 35.4 Å². The Balaban J connectivity index is -0.000000578. The standard InChI is InChI=1S/C12H12N2O4S2.C7H13NOS2.C3H8N.CH4S.H2P2S/c15-10-4-5-11(16)14(10)18-12(17)6-8-19-20-9-3-1-2-7-13-9;1-3-5-8-7(9)4-6-11-10-2;1-2-3-4;1-2;1-2-3/h1-3,7H,4-6,8H2;1,3-6H2,2H3;1-4H2;2H,1H3;1H2/q;;+1;;/p+2/i/hD. The fourth-order valence-electron chi connectivity index (χ4n) is 1.96. The Labute approximate surface area is 271 Å². The maximum Gasteiger partial charge on any atom is 0.355 e. The molecular formula is C23H41N4O5P2S6+3. The lowest BCUT2D eigenvalue weighted by Gasteiger charge is -2.12. The van der Waals surface area contributed by atoms with Gasteiger partial charge in [0.2, 0.25) is 5.91 Å². The number of aromatic nitrogens is 1. The van der Waals surface area contributed by atoms with E-state index in [9.17, 15) is 19.2 Å². The molecule has 0 bridgehead atoms. The predicted molar refractivity (Wildman–Crippen MR) is 187 cm³/mol. The Morgan fingerprint density at radius 1 is 1.23 bits per heavy atom. The lowest BCUT2D eigenvalue weighted by Crippen LogP contribution is -2.32. The summed E-state index contributed by atoms with van der Waals surface area (Å²) < 4.78 is 6.43. The lowest BCUT2D eigenvalue weighted by molar-refractivity contribution is -0.197. The van der Waals surface area contributed by atoms with Crippen LogP contribution in [0.4, 0.5) is 0 Å². The molecular weight excluding hydrogens is 667 g/mol. The highest BCUT2D eigenvalue weighted by Gasteiger charge is 2.32. The lowest BCUT2D eigenvalue weighted by atomic mass is 10.4. The van der Waals surface area contributed by atoms with Crippen LogP contribution in [0.3, 0.4) is 0 Å². The number of carbonyl (C=O) groups is 4. The second-order valence-electron chi connectivity index (χ2n) is 6.56. The maximum atomic E-state index is 11.5. The Bertz CT molecular complexity index is 832. The normalized spacial score (nSPS) is 12.0. The maximum absolute atomic E-state index is 11.5. The van der Waals surface area contributed by atoms with E-state index in [1.165, 1.54) is 21.6 Å². The van der Waals surface area contributed by atoms with E-state index >= 15 is 0 Å². The van der Waals surface area contributed by atoms with Crippen molar-refractivity contribution >= 4 is 107 Å². The summed E-state index contributed by atoms with van der Waals surface area (Å²) in [4.78, 5) is 53.8. The molecule has 9 nitrogen and oxygen atoms in total. The van der Waals surface area contributed by atoms with Crippen LogP contribution in [0, 0.1) is 13.8 Å². The molecule has 0 radical (unpaired) electrons. The number of nitrogens with two attached hydrogens (primary N) is 1. The number of hydrogen-bond acceptors (Lipinski definition) is 13. The van der Waals surface area contributed by atoms with Crippen LogP contribution in [0.1, 0.15) is 38.5 Å². The summed E-state index contributed by atoms with van der Waals surface area (Å²) in [7, 11) is 8.52. The number of hydroxylamine groups is 2. The number of thiol groups is 1. The molecule has 0 aliphatic carbocycles. The molecule has 40 heavy (non-hydrogen) atoms. The van der Waals surface area contributed by atoms with Crippen molar-refractivity contribution in [3.05, 3.63) is 38.2 Å². The highest BCUT2D eigenvalue weighted by molar-refractivity contribution is 8.76. The smallest absolute Gasteiger partial charge is 0.352 e. The van der Waals surface area contributed by atoms with Crippen LogP contribution in [0.5, 0.6) is 0 Å². The zero-order valence-electron chi connectivity index (χ0n) is 23.8. The molecule has 2 rings (SSSR count). The summed E-state index contributed by atoms with van der Waals surface area (Å²) >= 11 is 7.84. The largest absolute Gasteiger partial charge is 0.355 e. The molecule has 1 aromatic rings. The summed E-state index contributed by atoms with van der Waals surface area (Å²) in [6, 6.07) is 5.59. The number of imide groups is 1. The van der Waals surface area contributed by atoms with Gasteiger partial charge in [-0.3, -0.25) is 14.4 Å². The zero-order valence-corrected chi connectivity index (χ0v) is 29.8. The van der Waals surface area contributed by atoms with E-state index in [2.05, 4.69) is 57.5 Å². The number of hydrogen-bond donors (Lipinski definition) is 3. The SMILES string of the molecule is CS.O=C(CCSSc1ccccn1)ON1C(=O)CCC1=O.[2H][P+](P)=S.[CH2+]CCN.[CH2+]CCNC(=O)CCSSC. The molecule has 1 saturated heterocycles. The molecule has 0 spiro atoms. The zero-order chi connectivity index (χ0) is 31.9. The molecule has 2 unspecified atom stereocenters. The number of rotatable bonds is 13. The van der Waals surface area contributed by atoms with Gasteiger partial charge in [-0.15, -0.1) is 5.06 Å². The van der Waals surface area contributed by atoms with Crippen molar-refractivity contribution in [2.75, 3.05) is 37.1 Å². The molecule has 3 amide bonds. The fourth-order valence-corrected chi connectivity index (χ4v) is 5.00. The van der Waals surface area contributed by atoms with Gasteiger partial charge >= 0.3 is 7.25 Å². The van der Waals surface area contributed by atoms with Crippen LogP contribution in [-0.4, -0.2) is 72.1 Å². The van der Waals surface area contributed by atoms with E-state index < -0.39 is 24.8 Å². The first-order chi connectivity index (χ1) is 19.6. The average molecular weight is 709 g/mol. The third kappa shape index (κ3) is 29.1. The molecule has 1 fully saturated rings. The summed E-state index contributed by atoms with van der Waals surface area (Å²) in [6.45, 7) is 7.64. The van der Waals surface area contributed by atoms with Crippen molar-refractivity contribution in [2.45, 2.75) is 43.6 Å². The Morgan fingerprint density at radius 2 is 1.80 bits per heavy atom. The van der Waals surface area contributed by atoms with Gasteiger partial charge in [0, 0.05) is 43.5 Å². The molecule has 0 aromatic carbocycles. The van der Waals surface area contributed by atoms with Gasteiger partial charge in [-0.1, -0.05) is 38.4 Å². The number of nitrogens with one attached hydrogen (secondary N) is 1. The van der Waals surface area contributed by atoms with E-state index in [1.54, 1.807) is 34.0 Å². The summed E-state index contributed by atoms with van der Waals surface area (Å²) in [5.41, 5.74) is 4.97. The number of nitrogens with zero attached hydrogens (tertiary/aromatic N) is 2. The highest BCUT2D eigenvalue weighted by Crippen LogP contribution is 2.29. The molecule has 2 heterocycles. The Morgan fingerprint density at radius 3 is 2.27 bits per heavy atom. The topological polar surface area (TPSA) is 132 Å². The third-order valence-electron chi connectivity index (χ3n) is 3.60. The molecule has 2 atom stereocenters. The first-order valence-electron chi connectivity index (χ1n) is 12.2. The first-order valence-corrected chi connectivity index (χ1v) is 21.2. The average Bonchev–Trinajstić information content (AvgIpc) is 3.28. The molecule has 1 aliphatic rings. The molecule has 1 aromatic heterocycles. The van der Waals surface area contributed by atoms with E-state index in [0.29, 0.717) is 30.3 Å². The quantitative estimate of drug-likeness (QED) is 0.0624. The van der Waals surface area contributed by atoms with Crippen LogP contribution in [0.15, 0.2) is 29.4 Å². The summed E-state index contributed by atoms with van der Waals surface area (Å²) in [5.74, 6) is 0.0381. The van der Waals surface area contributed by atoms with Crippen molar-refractivity contribution in [1.29, 1.82) is 1.28 Å². The minimum atomic E-state index is -0.870. The van der Waals surface area contributed by atoms with Gasteiger partial charge in [0.1, 0.15) is 11.4 Å². The van der Waals surface area contributed by atoms with Crippen molar-refractivity contribution in [1.82, 2.24) is 15.4 Å². The number of amides is 3. The van der Waals surface area contributed by atoms with Gasteiger partial charge in [0.25, 0.3) is 11.8 Å². The second kappa shape index (κ2) is 34.8. The molecule has 226 valence electrons. The number of carbonyl (C=O) groups excluding carboxylic acids is 4. The van der Waals surface area contributed by atoms with Crippen molar-refractivity contribution in [2.24, 2.45) is 5.73 Å². The highest BCUT2D eigenvalue weighted by atomic mass is 33.1. The van der Waals surface area contributed by atoms with Gasteiger partial charge in [0.15, 0.2) is 18.8 Å². The summed E-state index contributed by atoms with van der Waals surface area (Å²) in [6.07, 6.45) is 7.97. The van der Waals surface area contributed by atoms with Crippen LogP contribution in [0.2, 0.25) is 0 Å². The molecule has 0 saturated carbocycles. The third-order valence-corrected chi connectivity index (χ3v) is 7.68. The van der Waals surface area contributed by atoms with E-state index in [-0.39, 0.29) is 25.2 Å². The fraction of sp³-hybridized carbons (Fsp3) is 0.522. The van der Waals surface area contributed by atoms with Crippen molar-refractivity contribution < 1.29 is 24.0 Å². The van der Waals surface area contributed by atoms with E-state index in [1.807, 2.05) is 24.5 Å². The number of pyridine rings is 1. The van der Waals surface area contributed by atoms with Crippen LogP contribution < -0.4 is 11.1 Å². The van der Waals surface area contributed by atoms with Gasteiger partial charge in [-0.25, -0.2) is 9.78 Å². The Kier molecular flexibility index (Phi) is 36.4. The molecule has 17 heteroatoms. The van der Waals surface area contributed by atoms with Gasteiger partial charge in [-0.2, -0.15) is 12.6 Å². The first kappa shape index (κ1) is 41.8. The molecule has 1 aliphatic heterocycles. The minimum absolute atomic E-state index is 0.108. The van der Waals surface area contributed by atoms with Crippen molar-refractivity contribution in [3.63, 3.8) is 0 Å². The summed E-state index contributed by atoms with van der Waals surface area (Å²) in [5, 5.41) is 4.19. The molecule has 3 N–H and O–H groups in total. The van der Waals surface area contributed by atoms with E-state index in [4.69, 9.17) is 11.8 Å². The predicted octanol–water partition coefficient (Wildman–Crippen LogP) is 5.18. The Hall–Kier alpha value is -0.370. The second-order valence-corrected chi connectivity index (χ2v) is 14.4. The minimum Gasteiger partial charge on any atom is -0.352 e. The van der Waals surface area contributed by atoms with Crippen LogP contribution >= 0.6 is 71.7 Å². The van der Waals surface area contributed by atoms with Gasteiger partial charge in [0.05, 0.1) is 42.2 Å². The van der Waals surface area contributed by atoms with Crippen LogP contribution in [-0.2, 0) is 35.8 Å².